The van der Waals surface area contributed by atoms with Crippen LogP contribution in [0.4, 0.5) is 0 Å². The number of unbranched alkanes of at least 4 members (excludes halogenated alkanes) is 29. The second kappa shape index (κ2) is 50.6. The maximum atomic E-state index is 12.8. The molecule has 2 atom stereocenters. The standard InChI is InChI=1S/C59H107NO8/c1-6-8-10-12-14-16-17-18-19-20-21-22-23-24-25-26-27-28-29-30-31-32-33-34-35-36-37-38-39-40-41-42-44-46-48-50-57(62)68-55(54-67-59(58(63)64)65-52-51-60(3,4)5)53-66-56(61)49-47-45-43-15-13-11-9-7-2/h8,10,14,16,18-19,21-22,55,59H,6-7,9,11-13,15,17,20,23-54H2,1-5H3/p+1/b10-8-,16-14-,19-18-,22-21-. The molecule has 9 nitrogen and oxygen atoms in total. The molecule has 0 aromatic heterocycles. The van der Waals surface area contributed by atoms with Gasteiger partial charge in [-0.25, -0.2) is 4.79 Å². The number of carbonyl (C=O) groups excluding carboxylic acids is 2. The Kier molecular flexibility index (Phi) is 48.6. The molecule has 0 aromatic rings. The van der Waals surface area contributed by atoms with Crippen LogP contribution in [0.1, 0.15) is 251 Å². The van der Waals surface area contributed by atoms with Gasteiger partial charge in [-0.05, 0) is 51.4 Å². The zero-order valence-corrected chi connectivity index (χ0v) is 45.0. The highest BCUT2D eigenvalue weighted by molar-refractivity contribution is 5.71. The third kappa shape index (κ3) is 51.1. The molecular weight excluding hydrogens is 851 g/mol. The van der Waals surface area contributed by atoms with Crippen molar-refractivity contribution in [1.29, 1.82) is 0 Å². The van der Waals surface area contributed by atoms with Gasteiger partial charge in [0, 0.05) is 12.8 Å². The zero-order chi connectivity index (χ0) is 49.9. The molecule has 0 fully saturated rings. The number of hydrogen-bond donors (Lipinski definition) is 1. The van der Waals surface area contributed by atoms with Gasteiger partial charge >= 0.3 is 17.9 Å². The molecule has 0 heterocycles. The van der Waals surface area contributed by atoms with E-state index in [0.717, 1.165) is 64.2 Å². The van der Waals surface area contributed by atoms with Crippen molar-refractivity contribution < 1.29 is 42.9 Å². The zero-order valence-electron chi connectivity index (χ0n) is 45.0. The maximum Gasteiger partial charge on any atom is 0.361 e. The van der Waals surface area contributed by atoms with Crippen molar-refractivity contribution in [2.24, 2.45) is 0 Å². The van der Waals surface area contributed by atoms with Crippen LogP contribution in [0.25, 0.3) is 0 Å². The van der Waals surface area contributed by atoms with Crippen molar-refractivity contribution in [3.05, 3.63) is 48.6 Å². The summed E-state index contributed by atoms with van der Waals surface area (Å²) in [6, 6.07) is 0. The van der Waals surface area contributed by atoms with E-state index in [1.54, 1.807) is 0 Å². The van der Waals surface area contributed by atoms with Crippen LogP contribution in [0.3, 0.4) is 0 Å². The number of carboxylic acids is 1. The highest BCUT2D eigenvalue weighted by Gasteiger charge is 2.25. The number of carbonyl (C=O) groups is 3. The van der Waals surface area contributed by atoms with Crippen molar-refractivity contribution in [3.63, 3.8) is 0 Å². The molecule has 0 aliphatic rings. The lowest BCUT2D eigenvalue weighted by atomic mass is 10.0. The number of allylic oxidation sites excluding steroid dienone is 8. The van der Waals surface area contributed by atoms with E-state index in [4.69, 9.17) is 18.9 Å². The van der Waals surface area contributed by atoms with Crippen molar-refractivity contribution in [2.75, 3.05) is 47.5 Å². The molecule has 0 saturated heterocycles. The predicted octanol–water partition coefficient (Wildman–Crippen LogP) is 16.3. The Morgan fingerprint density at radius 2 is 0.838 bits per heavy atom. The smallest absolute Gasteiger partial charge is 0.361 e. The Morgan fingerprint density at radius 1 is 0.456 bits per heavy atom. The van der Waals surface area contributed by atoms with Crippen LogP contribution in [-0.4, -0.2) is 87.4 Å². The Balaban J connectivity index is 3.93. The molecule has 1 N–H and O–H groups in total. The predicted molar refractivity (Wildman–Crippen MR) is 286 cm³/mol. The van der Waals surface area contributed by atoms with Crippen LogP contribution in [0.2, 0.25) is 0 Å². The fraction of sp³-hybridized carbons (Fsp3) is 0.814. The average Bonchev–Trinajstić information content (AvgIpc) is 3.30. The molecule has 0 radical (unpaired) electrons. The van der Waals surface area contributed by atoms with Gasteiger partial charge in [-0.2, -0.15) is 0 Å². The minimum absolute atomic E-state index is 0.178. The second-order valence-electron chi connectivity index (χ2n) is 20.2. The minimum Gasteiger partial charge on any atom is -0.477 e. The van der Waals surface area contributed by atoms with Gasteiger partial charge in [-0.3, -0.25) is 9.59 Å². The highest BCUT2D eigenvalue weighted by atomic mass is 16.7. The topological polar surface area (TPSA) is 108 Å². The first-order chi connectivity index (χ1) is 33.1. The summed E-state index contributed by atoms with van der Waals surface area (Å²) in [7, 11) is 5.96. The fourth-order valence-corrected chi connectivity index (χ4v) is 8.01. The molecule has 9 heteroatoms. The van der Waals surface area contributed by atoms with E-state index >= 15 is 0 Å². The van der Waals surface area contributed by atoms with Crippen molar-refractivity contribution >= 4 is 17.9 Å². The van der Waals surface area contributed by atoms with Gasteiger partial charge in [0.2, 0.25) is 0 Å². The third-order valence-electron chi connectivity index (χ3n) is 12.3. The summed E-state index contributed by atoms with van der Waals surface area (Å²) in [6.07, 6.45) is 59.5. The molecule has 0 bridgehead atoms. The molecule has 396 valence electrons. The number of aliphatic carboxylic acids is 1. The summed E-state index contributed by atoms with van der Waals surface area (Å²) in [5.74, 6) is -2.00. The molecule has 0 spiro atoms. The molecule has 2 unspecified atom stereocenters. The number of rotatable bonds is 52. The highest BCUT2D eigenvalue weighted by Crippen LogP contribution is 2.17. The first-order valence-corrected chi connectivity index (χ1v) is 28.3. The number of hydrogen-bond acceptors (Lipinski definition) is 7. The number of quaternary nitrogens is 1. The van der Waals surface area contributed by atoms with Crippen LogP contribution in [0.15, 0.2) is 48.6 Å². The molecule has 0 aromatic carbocycles. The van der Waals surface area contributed by atoms with Crippen LogP contribution in [-0.2, 0) is 33.3 Å². The van der Waals surface area contributed by atoms with Gasteiger partial charge in [0.15, 0.2) is 6.10 Å². The monoisotopic (exact) mass is 959 g/mol. The SMILES string of the molecule is CC/C=C\C/C=C\C/C=C\C/C=C\CCCCCCCCCCCCCCCCCCCCCCCCC(=O)OC(COC(=O)CCCCCCCCCC)COC(OCC[N+](C)(C)C)C(=O)O. The molecule has 0 aliphatic heterocycles. The van der Waals surface area contributed by atoms with Crippen molar-refractivity contribution in [2.45, 2.75) is 264 Å². The molecule has 0 saturated carbocycles. The Bertz CT molecular complexity index is 1250. The lowest BCUT2D eigenvalue weighted by Gasteiger charge is -2.25. The lowest BCUT2D eigenvalue weighted by Crippen LogP contribution is -2.40. The Morgan fingerprint density at radius 3 is 1.25 bits per heavy atom. The second-order valence-corrected chi connectivity index (χ2v) is 20.2. The van der Waals surface area contributed by atoms with Crippen LogP contribution in [0.5, 0.6) is 0 Å². The number of nitrogens with zero attached hydrogens (tertiary/aromatic N) is 1. The first-order valence-electron chi connectivity index (χ1n) is 28.3. The molecule has 0 aliphatic carbocycles. The van der Waals surface area contributed by atoms with Crippen LogP contribution in [0, 0.1) is 0 Å². The quantitative estimate of drug-likeness (QED) is 0.0211. The van der Waals surface area contributed by atoms with Crippen LogP contribution >= 0.6 is 0 Å². The van der Waals surface area contributed by atoms with E-state index in [1.165, 1.54) is 161 Å². The molecule has 0 rings (SSSR count). The molecule has 0 amide bonds. The van der Waals surface area contributed by atoms with E-state index in [1.807, 2.05) is 21.1 Å². The molecular formula is C59H108NO8+. The number of ether oxygens (including phenoxy) is 4. The van der Waals surface area contributed by atoms with E-state index < -0.39 is 24.3 Å². The van der Waals surface area contributed by atoms with Crippen molar-refractivity contribution in [3.8, 4) is 0 Å². The Labute approximate surface area is 419 Å². The summed E-state index contributed by atoms with van der Waals surface area (Å²) < 4.78 is 22.7. The summed E-state index contributed by atoms with van der Waals surface area (Å²) in [4.78, 5) is 37.1. The number of likely N-dealkylation sites (N-methyl/N-ethyl adjacent to an activating group) is 1. The minimum atomic E-state index is -1.50. The number of esters is 2. The number of carboxylic acid groups (broad SMARTS) is 1. The first kappa shape index (κ1) is 65.2. The normalized spacial score (nSPS) is 13.1. The van der Waals surface area contributed by atoms with E-state index in [-0.39, 0.29) is 32.2 Å². The third-order valence-corrected chi connectivity index (χ3v) is 12.3. The average molecular weight is 960 g/mol. The van der Waals surface area contributed by atoms with Gasteiger partial charge in [-0.15, -0.1) is 0 Å². The van der Waals surface area contributed by atoms with Gasteiger partial charge in [0.05, 0.1) is 34.4 Å². The van der Waals surface area contributed by atoms with Gasteiger partial charge < -0.3 is 28.5 Å². The molecule has 68 heavy (non-hydrogen) atoms. The van der Waals surface area contributed by atoms with Crippen molar-refractivity contribution in [1.82, 2.24) is 0 Å². The maximum absolute atomic E-state index is 12.8. The van der Waals surface area contributed by atoms with Gasteiger partial charge in [0.25, 0.3) is 6.29 Å². The van der Waals surface area contributed by atoms with Gasteiger partial charge in [-0.1, -0.05) is 236 Å². The fourth-order valence-electron chi connectivity index (χ4n) is 8.01. The van der Waals surface area contributed by atoms with Crippen LogP contribution < -0.4 is 0 Å². The summed E-state index contributed by atoms with van der Waals surface area (Å²) in [5.41, 5.74) is 0. The van der Waals surface area contributed by atoms with Gasteiger partial charge in [0.1, 0.15) is 13.2 Å². The van der Waals surface area contributed by atoms with E-state index in [0.29, 0.717) is 17.4 Å². The summed E-state index contributed by atoms with van der Waals surface area (Å²) >= 11 is 0. The largest absolute Gasteiger partial charge is 0.477 e. The van der Waals surface area contributed by atoms with E-state index in [9.17, 15) is 19.5 Å². The summed E-state index contributed by atoms with van der Waals surface area (Å²) in [5, 5.41) is 9.65. The van der Waals surface area contributed by atoms with E-state index in [2.05, 4.69) is 62.5 Å². The Hall–Kier alpha value is -2.75. The lowest BCUT2D eigenvalue weighted by molar-refractivity contribution is -0.870. The summed E-state index contributed by atoms with van der Waals surface area (Å²) in [6.45, 7) is 4.75.